The molecule has 1 aliphatic rings. The van der Waals surface area contributed by atoms with Gasteiger partial charge in [0.05, 0.1) is 6.54 Å². The van der Waals surface area contributed by atoms with E-state index >= 15 is 0 Å². The highest BCUT2D eigenvalue weighted by Gasteiger charge is 2.25. The summed E-state index contributed by atoms with van der Waals surface area (Å²) in [6.07, 6.45) is 3.83. The number of hydrogen-bond donors (Lipinski definition) is 3. The Morgan fingerprint density at radius 1 is 1.18 bits per heavy atom. The van der Waals surface area contributed by atoms with E-state index in [4.69, 9.17) is 5.73 Å². The monoisotopic (exact) mass is 241 g/mol. The quantitative estimate of drug-likeness (QED) is 0.633. The molecule has 0 aromatic carbocycles. The molecule has 0 aromatic heterocycles. The minimum Gasteiger partial charge on any atom is -0.355 e. The van der Waals surface area contributed by atoms with Crippen LogP contribution in [0, 0.1) is 11.8 Å². The third-order valence-corrected chi connectivity index (χ3v) is 3.35. The minimum absolute atomic E-state index is 0.00623. The third kappa shape index (κ3) is 4.73. The SMILES string of the molecule is CCNC(=O)CNC(=O)C1CCC(CN)CC1. The molecule has 0 spiro atoms. The van der Waals surface area contributed by atoms with Crippen molar-refractivity contribution in [3.8, 4) is 0 Å². The van der Waals surface area contributed by atoms with Crippen molar-refractivity contribution in [1.82, 2.24) is 10.6 Å². The molecule has 1 aliphatic carbocycles. The average molecular weight is 241 g/mol. The van der Waals surface area contributed by atoms with Crippen LogP contribution < -0.4 is 16.4 Å². The average Bonchev–Trinajstić information content (AvgIpc) is 2.36. The molecule has 1 saturated carbocycles. The predicted octanol–water partition coefficient (Wildman–Crippen LogP) is 0.00380. The molecular formula is C12H23N3O2. The third-order valence-electron chi connectivity index (χ3n) is 3.35. The number of carbonyl (C=O) groups excluding carboxylic acids is 2. The normalized spacial score (nSPS) is 24.1. The van der Waals surface area contributed by atoms with Gasteiger partial charge in [-0.15, -0.1) is 0 Å². The van der Waals surface area contributed by atoms with Gasteiger partial charge in [-0.3, -0.25) is 9.59 Å². The summed E-state index contributed by atoms with van der Waals surface area (Å²) in [6.45, 7) is 3.25. The standard InChI is InChI=1S/C12H23N3O2/c1-2-14-11(16)8-15-12(17)10-5-3-9(7-13)4-6-10/h9-10H,2-8,13H2,1H3,(H,14,16)(H,15,17). The van der Waals surface area contributed by atoms with E-state index in [0.717, 1.165) is 25.7 Å². The zero-order chi connectivity index (χ0) is 12.7. The summed E-state index contributed by atoms with van der Waals surface area (Å²) < 4.78 is 0. The second-order valence-electron chi connectivity index (χ2n) is 4.62. The molecule has 1 fully saturated rings. The molecule has 1 rings (SSSR count). The van der Waals surface area contributed by atoms with Gasteiger partial charge in [-0.1, -0.05) is 0 Å². The maximum atomic E-state index is 11.8. The fourth-order valence-electron chi connectivity index (χ4n) is 2.23. The van der Waals surface area contributed by atoms with E-state index in [1.807, 2.05) is 6.92 Å². The van der Waals surface area contributed by atoms with Crippen LogP contribution in [0.2, 0.25) is 0 Å². The van der Waals surface area contributed by atoms with Gasteiger partial charge in [0.25, 0.3) is 0 Å². The van der Waals surface area contributed by atoms with Crippen LogP contribution in [0.5, 0.6) is 0 Å². The first-order valence-electron chi connectivity index (χ1n) is 6.41. The fourth-order valence-corrected chi connectivity index (χ4v) is 2.23. The molecule has 0 atom stereocenters. The maximum absolute atomic E-state index is 11.8. The van der Waals surface area contributed by atoms with Crippen molar-refractivity contribution < 1.29 is 9.59 Å². The van der Waals surface area contributed by atoms with Gasteiger partial charge in [0.1, 0.15) is 0 Å². The fraction of sp³-hybridized carbons (Fsp3) is 0.833. The summed E-state index contributed by atoms with van der Waals surface area (Å²) in [7, 11) is 0. The van der Waals surface area contributed by atoms with Gasteiger partial charge in [0.15, 0.2) is 0 Å². The summed E-state index contributed by atoms with van der Waals surface area (Å²) in [5, 5.41) is 5.34. The highest BCUT2D eigenvalue weighted by molar-refractivity contribution is 5.85. The van der Waals surface area contributed by atoms with E-state index in [1.54, 1.807) is 0 Å². The van der Waals surface area contributed by atoms with E-state index in [9.17, 15) is 9.59 Å². The molecule has 4 N–H and O–H groups in total. The number of hydrogen-bond acceptors (Lipinski definition) is 3. The second kappa shape index (κ2) is 7.27. The van der Waals surface area contributed by atoms with Gasteiger partial charge in [0.2, 0.25) is 11.8 Å². The Hall–Kier alpha value is -1.10. The molecule has 0 aliphatic heterocycles. The summed E-state index contributed by atoms with van der Waals surface area (Å²) in [5.41, 5.74) is 5.60. The molecule has 0 unspecified atom stereocenters. The molecule has 5 heteroatoms. The minimum atomic E-state index is -0.128. The van der Waals surface area contributed by atoms with E-state index in [1.165, 1.54) is 0 Å². The van der Waals surface area contributed by atoms with Crippen LogP contribution >= 0.6 is 0 Å². The number of nitrogens with one attached hydrogen (secondary N) is 2. The summed E-state index contributed by atoms with van der Waals surface area (Å²) >= 11 is 0. The van der Waals surface area contributed by atoms with Gasteiger partial charge in [-0.2, -0.15) is 0 Å². The number of carbonyl (C=O) groups is 2. The number of nitrogens with two attached hydrogens (primary N) is 1. The van der Waals surface area contributed by atoms with Crippen molar-refractivity contribution in [1.29, 1.82) is 0 Å². The van der Waals surface area contributed by atoms with E-state index in [-0.39, 0.29) is 24.3 Å². The number of likely N-dealkylation sites (N-methyl/N-ethyl adjacent to an activating group) is 1. The Labute approximate surface area is 103 Å². The molecule has 0 heterocycles. The Morgan fingerprint density at radius 2 is 1.82 bits per heavy atom. The van der Waals surface area contributed by atoms with E-state index in [0.29, 0.717) is 19.0 Å². The molecular weight excluding hydrogens is 218 g/mol. The van der Waals surface area contributed by atoms with Crippen molar-refractivity contribution in [2.24, 2.45) is 17.6 Å². The Kier molecular flexibility index (Phi) is 5.97. The summed E-state index contributed by atoms with van der Waals surface area (Å²) in [6, 6.07) is 0. The predicted molar refractivity (Wildman–Crippen MR) is 66.2 cm³/mol. The lowest BCUT2D eigenvalue weighted by atomic mass is 9.81. The van der Waals surface area contributed by atoms with Crippen molar-refractivity contribution in [2.75, 3.05) is 19.6 Å². The van der Waals surface area contributed by atoms with Crippen LogP contribution in [0.15, 0.2) is 0 Å². The molecule has 17 heavy (non-hydrogen) atoms. The van der Waals surface area contributed by atoms with Crippen LogP contribution in [-0.2, 0) is 9.59 Å². The van der Waals surface area contributed by atoms with Crippen LogP contribution in [0.4, 0.5) is 0 Å². The summed E-state index contributed by atoms with van der Waals surface area (Å²) in [4.78, 5) is 23.0. The molecule has 0 bridgehead atoms. The molecule has 98 valence electrons. The topological polar surface area (TPSA) is 84.2 Å². The van der Waals surface area contributed by atoms with Crippen LogP contribution in [-0.4, -0.2) is 31.4 Å². The summed E-state index contributed by atoms with van der Waals surface area (Å²) in [5.74, 6) is 0.512. The molecule has 0 radical (unpaired) electrons. The van der Waals surface area contributed by atoms with Crippen LogP contribution in [0.1, 0.15) is 32.6 Å². The van der Waals surface area contributed by atoms with Crippen molar-refractivity contribution >= 4 is 11.8 Å². The largest absolute Gasteiger partial charge is 0.355 e. The van der Waals surface area contributed by atoms with Gasteiger partial charge in [-0.25, -0.2) is 0 Å². The number of amides is 2. The Balaban J connectivity index is 2.22. The van der Waals surface area contributed by atoms with E-state index < -0.39 is 0 Å². The molecule has 2 amide bonds. The van der Waals surface area contributed by atoms with Crippen molar-refractivity contribution in [3.05, 3.63) is 0 Å². The molecule has 0 aromatic rings. The zero-order valence-electron chi connectivity index (χ0n) is 10.5. The van der Waals surface area contributed by atoms with Gasteiger partial charge < -0.3 is 16.4 Å². The lowest BCUT2D eigenvalue weighted by molar-refractivity contribution is -0.129. The zero-order valence-corrected chi connectivity index (χ0v) is 10.5. The first kappa shape index (κ1) is 14.0. The van der Waals surface area contributed by atoms with E-state index in [2.05, 4.69) is 10.6 Å². The first-order chi connectivity index (χ1) is 8.17. The Bertz CT molecular complexity index is 260. The van der Waals surface area contributed by atoms with Crippen molar-refractivity contribution in [3.63, 3.8) is 0 Å². The van der Waals surface area contributed by atoms with Crippen LogP contribution in [0.3, 0.4) is 0 Å². The second-order valence-corrected chi connectivity index (χ2v) is 4.62. The highest BCUT2D eigenvalue weighted by Crippen LogP contribution is 2.27. The number of rotatable bonds is 5. The van der Waals surface area contributed by atoms with Crippen molar-refractivity contribution in [2.45, 2.75) is 32.6 Å². The maximum Gasteiger partial charge on any atom is 0.239 e. The molecule has 5 nitrogen and oxygen atoms in total. The lowest BCUT2D eigenvalue weighted by Crippen LogP contribution is -2.40. The molecule has 0 saturated heterocycles. The highest BCUT2D eigenvalue weighted by atomic mass is 16.2. The van der Waals surface area contributed by atoms with Gasteiger partial charge in [-0.05, 0) is 45.1 Å². The van der Waals surface area contributed by atoms with Crippen LogP contribution in [0.25, 0.3) is 0 Å². The lowest BCUT2D eigenvalue weighted by Gasteiger charge is -2.26. The first-order valence-corrected chi connectivity index (χ1v) is 6.41. The van der Waals surface area contributed by atoms with Gasteiger partial charge in [0, 0.05) is 12.5 Å². The van der Waals surface area contributed by atoms with Gasteiger partial charge >= 0.3 is 0 Å². The smallest absolute Gasteiger partial charge is 0.239 e. The Morgan fingerprint density at radius 3 is 2.35 bits per heavy atom.